The van der Waals surface area contributed by atoms with E-state index in [2.05, 4.69) is 5.32 Å². The number of nitrogens with two attached hydrogens (primary N) is 1. The molecule has 0 unspecified atom stereocenters. The summed E-state index contributed by atoms with van der Waals surface area (Å²) in [5, 5.41) is 13.1. The van der Waals surface area contributed by atoms with Crippen LogP contribution in [-0.4, -0.2) is 17.4 Å². The summed E-state index contributed by atoms with van der Waals surface area (Å²) in [6, 6.07) is 3.26. The Bertz CT molecular complexity index is 488. The third-order valence-electron chi connectivity index (χ3n) is 2.55. The van der Waals surface area contributed by atoms with E-state index in [-0.39, 0.29) is 17.9 Å². The van der Waals surface area contributed by atoms with Gasteiger partial charge in [-0.25, -0.2) is 4.39 Å². The maximum atomic E-state index is 13.5. The van der Waals surface area contributed by atoms with Gasteiger partial charge in [0.15, 0.2) is 5.82 Å². The van der Waals surface area contributed by atoms with E-state index < -0.39 is 22.1 Å². The minimum absolute atomic E-state index is 0.0925. The Balaban J connectivity index is 2.81. The van der Waals surface area contributed by atoms with Gasteiger partial charge in [-0.3, -0.25) is 14.9 Å². The van der Waals surface area contributed by atoms with Crippen LogP contribution in [0.1, 0.15) is 13.8 Å². The number of hydrogen-bond acceptors (Lipinski definition) is 4. The minimum Gasteiger partial charge on any atom is -0.382 e. The van der Waals surface area contributed by atoms with Gasteiger partial charge in [-0.05, 0) is 19.9 Å². The summed E-state index contributed by atoms with van der Waals surface area (Å²) in [4.78, 5) is 20.8. The molecule has 1 aromatic rings. The fourth-order valence-corrected chi connectivity index (χ4v) is 1.16. The first-order chi connectivity index (χ1) is 8.24. The number of nitrogens with one attached hydrogen (secondary N) is 1. The molecule has 7 heteroatoms. The van der Waals surface area contributed by atoms with Crippen molar-refractivity contribution in [3.63, 3.8) is 0 Å². The number of carbonyl (C=O) groups is 1. The minimum atomic E-state index is -0.839. The van der Waals surface area contributed by atoms with Crippen LogP contribution in [0.4, 0.5) is 15.8 Å². The standard InChI is InChI=1S/C11H14FN3O3/c1-11(2,10(13)16)6-14-9-4-3-7(15(17)18)5-8(9)12/h3-5,14H,6H2,1-2H3,(H2,13,16). The van der Waals surface area contributed by atoms with Crippen molar-refractivity contribution in [3.05, 3.63) is 34.1 Å². The van der Waals surface area contributed by atoms with E-state index in [9.17, 15) is 19.3 Å². The second-order valence-electron chi connectivity index (χ2n) is 4.52. The summed E-state index contributed by atoms with van der Waals surface area (Å²) < 4.78 is 13.5. The molecular formula is C11H14FN3O3. The topological polar surface area (TPSA) is 98.3 Å². The average Bonchev–Trinajstić information content (AvgIpc) is 2.26. The van der Waals surface area contributed by atoms with Gasteiger partial charge in [-0.1, -0.05) is 0 Å². The second kappa shape index (κ2) is 4.99. The van der Waals surface area contributed by atoms with E-state index in [1.807, 2.05) is 0 Å². The largest absolute Gasteiger partial charge is 0.382 e. The average molecular weight is 255 g/mol. The molecule has 0 saturated carbocycles. The first-order valence-corrected chi connectivity index (χ1v) is 5.22. The van der Waals surface area contributed by atoms with Crippen LogP contribution < -0.4 is 11.1 Å². The predicted octanol–water partition coefficient (Wildman–Crippen LogP) is 1.66. The number of nitro benzene ring substituents is 1. The number of benzene rings is 1. The van der Waals surface area contributed by atoms with Gasteiger partial charge in [0.2, 0.25) is 5.91 Å². The predicted molar refractivity (Wildman–Crippen MR) is 64.5 cm³/mol. The molecule has 1 rings (SSSR count). The molecule has 0 heterocycles. The molecule has 0 atom stereocenters. The molecular weight excluding hydrogens is 241 g/mol. The molecule has 0 aromatic heterocycles. The van der Waals surface area contributed by atoms with Crippen LogP contribution in [0.3, 0.4) is 0 Å². The number of hydrogen-bond donors (Lipinski definition) is 2. The molecule has 0 aliphatic carbocycles. The number of nitro groups is 1. The Hall–Kier alpha value is -2.18. The Morgan fingerprint density at radius 1 is 1.56 bits per heavy atom. The van der Waals surface area contributed by atoms with Crippen molar-refractivity contribution < 1.29 is 14.1 Å². The Morgan fingerprint density at radius 2 is 2.17 bits per heavy atom. The van der Waals surface area contributed by atoms with Crippen LogP contribution in [0.25, 0.3) is 0 Å². The lowest BCUT2D eigenvalue weighted by Crippen LogP contribution is -2.37. The maximum Gasteiger partial charge on any atom is 0.272 e. The van der Waals surface area contributed by atoms with Gasteiger partial charge in [0.1, 0.15) is 0 Å². The van der Waals surface area contributed by atoms with Crippen LogP contribution in [-0.2, 0) is 4.79 Å². The summed E-state index contributed by atoms with van der Waals surface area (Å²) in [7, 11) is 0. The number of halogens is 1. The first kappa shape index (κ1) is 13.9. The second-order valence-corrected chi connectivity index (χ2v) is 4.52. The Kier molecular flexibility index (Phi) is 3.85. The van der Waals surface area contributed by atoms with Crippen LogP contribution in [0.15, 0.2) is 18.2 Å². The van der Waals surface area contributed by atoms with Gasteiger partial charge in [-0.15, -0.1) is 0 Å². The molecule has 0 saturated heterocycles. The van der Waals surface area contributed by atoms with Crippen LogP contribution in [0, 0.1) is 21.3 Å². The molecule has 0 spiro atoms. The lowest BCUT2D eigenvalue weighted by molar-refractivity contribution is -0.385. The molecule has 98 valence electrons. The zero-order valence-corrected chi connectivity index (χ0v) is 10.1. The fourth-order valence-electron chi connectivity index (χ4n) is 1.16. The number of rotatable bonds is 5. The van der Waals surface area contributed by atoms with Crippen LogP contribution >= 0.6 is 0 Å². The lowest BCUT2D eigenvalue weighted by atomic mass is 9.92. The van der Waals surface area contributed by atoms with Crippen molar-refractivity contribution in [2.75, 3.05) is 11.9 Å². The molecule has 18 heavy (non-hydrogen) atoms. The van der Waals surface area contributed by atoms with E-state index in [1.54, 1.807) is 13.8 Å². The van der Waals surface area contributed by atoms with Gasteiger partial charge in [0.25, 0.3) is 5.69 Å². The number of amides is 1. The summed E-state index contributed by atoms with van der Waals surface area (Å²) in [6.45, 7) is 3.37. The molecule has 1 aromatic carbocycles. The highest BCUT2D eigenvalue weighted by molar-refractivity contribution is 5.80. The normalized spacial score (nSPS) is 11.1. The van der Waals surface area contributed by atoms with Crippen LogP contribution in [0.5, 0.6) is 0 Å². The Labute approximate surface area is 103 Å². The zero-order valence-electron chi connectivity index (χ0n) is 10.1. The van der Waals surface area contributed by atoms with Crippen LogP contribution in [0.2, 0.25) is 0 Å². The lowest BCUT2D eigenvalue weighted by Gasteiger charge is -2.21. The Morgan fingerprint density at radius 3 is 2.61 bits per heavy atom. The molecule has 0 radical (unpaired) electrons. The third-order valence-corrected chi connectivity index (χ3v) is 2.55. The summed E-state index contributed by atoms with van der Waals surface area (Å²) in [5.41, 5.74) is 4.10. The van der Waals surface area contributed by atoms with Gasteiger partial charge in [-0.2, -0.15) is 0 Å². The van der Waals surface area contributed by atoms with E-state index in [4.69, 9.17) is 5.73 Å². The van der Waals surface area contributed by atoms with Gasteiger partial charge in [0.05, 0.1) is 22.1 Å². The van der Waals surface area contributed by atoms with Crippen molar-refractivity contribution in [3.8, 4) is 0 Å². The molecule has 1 amide bonds. The summed E-state index contributed by atoms with van der Waals surface area (Å²) in [6.07, 6.45) is 0. The molecule has 0 aliphatic heterocycles. The number of primary amides is 1. The molecule has 6 nitrogen and oxygen atoms in total. The molecule has 0 aliphatic rings. The maximum absolute atomic E-state index is 13.5. The quantitative estimate of drug-likeness (QED) is 0.617. The highest BCUT2D eigenvalue weighted by Gasteiger charge is 2.25. The summed E-state index contributed by atoms with van der Waals surface area (Å²) in [5.74, 6) is -1.26. The molecule has 3 N–H and O–H groups in total. The van der Waals surface area contributed by atoms with Crippen molar-refractivity contribution in [1.29, 1.82) is 0 Å². The molecule has 0 bridgehead atoms. The fraction of sp³-hybridized carbons (Fsp3) is 0.364. The monoisotopic (exact) mass is 255 g/mol. The number of carbonyl (C=O) groups excluding carboxylic acids is 1. The third kappa shape index (κ3) is 3.16. The van der Waals surface area contributed by atoms with E-state index >= 15 is 0 Å². The van der Waals surface area contributed by atoms with Crippen molar-refractivity contribution in [2.45, 2.75) is 13.8 Å². The number of nitrogens with zero attached hydrogens (tertiary/aromatic N) is 1. The number of non-ortho nitro benzene ring substituents is 1. The van der Waals surface area contributed by atoms with E-state index in [0.717, 1.165) is 6.07 Å². The highest BCUT2D eigenvalue weighted by atomic mass is 19.1. The molecule has 0 fully saturated rings. The van der Waals surface area contributed by atoms with Gasteiger partial charge in [0, 0.05) is 12.6 Å². The number of anilines is 1. The van der Waals surface area contributed by atoms with Crippen molar-refractivity contribution in [2.24, 2.45) is 11.1 Å². The van der Waals surface area contributed by atoms with Crippen molar-refractivity contribution >= 4 is 17.3 Å². The first-order valence-electron chi connectivity index (χ1n) is 5.22. The van der Waals surface area contributed by atoms with Gasteiger partial charge >= 0.3 is 0 Å². The SMILES string of the molecule is CC(C)(CNc1ccc([N+](=O)[O-])cc1F)C(N)=O. The van der Waals surface area contributed by atoms with Gasteiger partial charge < -0.3 is 11.1 Å². The van der Waals surface area contributed by atoms with E-state index in [0.29, 0.717) is 0 Å². The summed E-state index contributed by atoms with van der Waals surface area (Å²) >= 11 is 0. The van der Waals surface area contributed by atoms with Crippen molar-refractivity contribution in [1.82, 2.24) is 0 Å². The zero-order chi connectivity index (χ0) is 13.9. The van der Waals surface area contributed by atoms with E-state index in [1.165, 1.54) is 12.1 Å². The highest BCUT2D eigenvalue weighted by Crippen LogP contribution is 2.22. The smallest absolute Gasteiger partial charge is 0.272 e.